The van der Waals surface area contributed by atoms with Gasteiger partial charge in [0.05, 0.1) is 41.9 Å². The zero-order chi connectivity index (χ0) is 21.6. The Kier molecular flexibility index (Phi) is 8.05. The Morgan fingerprint density at radius 2 is 2.03 bits per heavy atom. The topological polar surface area (TPSA) is 80.7 Å². The van der Waals surface area contributed by atoms with Crippen molar-refractivity contribution in [2.45, 2.75) is 57.5 Å². The number of rotatable bonds is 11. The summed E-state index contributed by atoms with van der Waals surface area (Å²) >= 11 is 3.40. The summed E-state index contributed by atoms with van der Waals surface area (Å²) in [6.07, 6.45) is 4.00. The van der Waals surface area contributed by atoms with Crippen LogP contribution in [0.15, 0.2) is 36.5 Å². The van der Waals surface area contributed by atoms with E-state index < -0.39 is 5.54 Å². The second-order valence-corrected chi connectivity index (χ2v) is 10.2. The SMILES string of the molecule is CCCC(CO)Nc1nc2c(s1)CN(SCc1ccccc1)C=C2NC(C)(C)CO. The zero-order valence-corrected chi connectivity index (χ0v) is 19.5. The number of fused-ring (bicyclic) bond motifs is 1. The summed E-state index contributed by atoms with van der Waals surface area (Å²) in [6, 6.07) is 10.4. The van der Waals surface area contributed by atoms with Gasteiger partial charge in [0.2, 0.25) is 0 Å². The molecule has 2 heterocycles. The first-order chi connectivity index (χ1) is 14.4. The summed E-state index contributed by atoms with van der Waals surface area (Å²) in [6.45, 7) is 6.94. The van der Waals surface area contributed by atoms with E-state index in [0.717, 1.165) is 41.7 Å². The van der Waals surface area contributed by atoms with Crippen LogP contribution >= 0.6 is 23.3 Å². The lowest BCUT2D eigenvalue weighted by molar-refractivity contribution is 0.203. The van der Waals surface area contributed by atoms with E-state index >= 15 is 0 Å². The molecule has 0 fully saturated rings. The van der Waals surface area contributed by atoms with Crippen LogP contribution in [0.4, 0.5) is 5.13 Å². The van der Waals surface area contributed by atoms with E-state index in [2.05, 4.69) is 52.3 Å². The largest absolute Gasteiger partial charge is 0.394 e. The number of benzene rings is 1. The first kappa shape index (κ1) is 22.9. The molecule has 1 atom stereocenters. The molecule has 0 saturated heterocycles. The molecule has 8 heteroatoms. The molecular formula is C22H32N4O2S2. The van der Waals surface area contributed by atoms with E-state index in [9.17, 15) is 10.2 Å². The summed E-state index contributed by atoms with van der Waals surface area (Å²) < 4.78 is 2.22. The van der Waals surface area contributed by atoms with Gasteiger partial charge in [-0.2, -0.15) is 0 Å². The number of nitrogens with one attached hydrogen (secondary N) is 2. The van der Waals surface area contributed by atoms with Crippen LogP contribution in [-0.4, -0.2) is 44.3 Å². The molecule has 164 valence electrons. The molecule has 1 aromatic carbocycles. The molecule has 0 radical (unpaired) electrons. The van der Waals surface area contributed by atoms with Crippen molar-refractivity contribution in [3.05, 3.63) is 52.7 Å². The molecule has 2 aromatic rings. The predicted octanol–water partition coefficient (Wildman–Crippen LogP) is 4.04. The van der Waals surface area contributed by atoms with Gasteiger partial charge in [-0.25, -0.2) is 4.98 Å². The van der Waals surface area contributed by atoms with E-state index in [1.165, 1.54) is 10.4 Å². The summed E-state index contributed by atoms with van der Waals surface area (Å²) in [4.78, 5) is 5.99. The van der Waals surface area contributed by atoms with Gasteiger partial charge in [0.1, 0.15) is 5.69 Å². The number of aliphatic hydroxyl groups is 2. The number of thiazole rings is 1. The van der Waals surface area contributed by atoms with Crippen LogP contribution in [-0.2, 0) is 12.3 Å². The zero-order valence-electron chi connectivity index (χ0n) is 17.9. The van der Waals surface area contributed by atoms with Crippen LogP contribution in [0.5, 0.6) is 0 Å². The van der Waals surface area contributed by atoms with Crippen LogP contribution in [0.25, 0.3) is 5.70 Å². The van der Waals surface area contributed by atoms with E-state index in [1.807, 2.05) is 19.9 Å². The monoisotopic (exact) mass is 448 g/mol. The maximum atomic E-state index is 9.74. The van der Waals surface area contributed by atoms with Crippen molar-refractivity contribution in [2.75, 3.05) is 18.5 Å². The van der Waals surface area contributed by atoms with Crippen molar-refractivity contribution in [1.29, 1.82) is 0 Å². The maximum Gasteiger partial charge on any atom is 0.183 e. The normalized spacial score (nSPS) is 14.8. The predicted molar refractivity (Wildman–Crippen MR) is 127 cm³/mol. The van der Waals surface area contributed by atoms with Gasteiger partial charge in [-0.05, 0) is 37.8 Å². The molecule has 1 aromatic heterocycles. The molecule has 4 N–H and O–H groups in total. The minimum atomic E-state index is -0.455. The molecule has 1 unspecified atom stereocenters. The second kappa shape index (κ2) is 10.5. The lowest BCUT2D eigenvalue weighted by Crippen LogP contribution is -2.42. The number of anilines is 1. The number of hydrogen-bond donors (Lipinski definition) is 4. The van der Waals surface area contributed by atoms with Crippen molar-refractivity contribution in [3.8, 4) is 0 Å². The van der Waals surface area contributed by atoms with E-state index in [-0.39, 0.29) is 19.3 Å². The molecule has 0 saturated carbocycles. The Balaban J connectivity index is 1.79. The third-order valence-electron chi connectivity index (χ3n) is 4.82. The fourth-order valence-corrected chi connectivity index (χ4v) is 5.21. The van der Waals surface area contributed by atoms with Gasteiger partial charge < -0.3 is 25.2 Å². The van der Waals surface area contributed by atoms with Crippen LogP contribution in [0.2, 0.25) is 0 Å². The smallest absolute Gasteiger partial charge is 0.183 e. The van der Waals surface area contributed by atoms with Crippen LogP contribution in [0.3, 0.4) is 0 Å². The number of aromatic nitrogens is 1. The lowest BCUT2D eigenvalue weighted by atomic mass is 10.1. The molecule has 0 bridgehead atoms. The summed E-state index contributed by atoms with van der Waals surface area (Å²) in [5.41, 5.74) is 2.66. The summed E-state index contributed by atoms with van der Waals surface area (Å²) in [7, 11) is 0. The van der Waals surface area contributed by atoms with Gasteiger partial charge in [-0.3, -0.25) is 0 Å². The Hall–Kier alpha value is -1.74. The molecule has 1 aliphatic rings. The fraction of sp³-hybridized carbons (Fsp3) is 0.500. The number of nitrogens with zero attached hydrogens (tertiary/aromatic N) is 2. The van der Waals surface area contributed by atoms with Gasteiger partial charge in [-0.15, -0.1) is 0 Å². The molecule has 1 aliphatic heterocycles. The van der Waals surface area contributed by atoms with E-state index in [4.69, 9.17) is 4.98 Å². The Morgan fingerprint density at radius 3 is 2.70 bits per heavy atom. The Labute approximate surface area is 187 Å². The highest BCUT2D eigenvalue weighted by molar-refractivity contribution is 7.96. The standard InChI is InChI=1S/C22H32N4O2S2/c1-4-8-17(13-27)23-21-24-20-18(25-22(2,3)15-28)11-26(12-19(20)30-21)29-14-16-9-6-5-7-10-16/h5-7,9-11,17,25,27-28H,4,8,12-15H2,1-3H3,(H,23,24). The van der Waals surface area contributed by atoms with Crippen molar-refractivity contribution in [2.24, 2.45) is 0 Å². The van der Waals surface area contributed by atoms with Crippen LogP contribution < -0.4 is 10.6 Å². The van der Waals surface area contributed by atoms with E-state index in [1.54, 1.807) is 23.3 Å². The van der Waals surface area contributed by atoms with Crippen molar-refractivity contribution < 1.29 is 10.2 Å². The maximum absolute atomic E-state index is 9.74. The minimum absolute atomic E-state index is 0.0143. The molecule has 6 nitrogen and oxygen atoms in total. The molecular weight excluding hydrogens is 416 g/mol. The van der Waals surface area contributed by atoms with Gasteiger partial charge in [0, 0.05) is 12.0 Å². The second-order valence-electron chi connectivity index (χ2n) is 8.15. The summed E-state index contributed by atoms with van der Waals surface area (Å²) in [5.74, 6) is 0.885. The number of hydrogen-bond acceptors (Lipinski definition) is 8. The van der Waals surface area contributed by atoms with Crippen molar-refractivity contribution in [3.63, 3.8) is 0 Å². The molecule has 3 rings (SSSR count). The van der Waals surface area contributed by atoms with Gasteiger partial charge in [0.25, 0.3) is 0 Å². The highest BCUT2D eigenvalue weighted by Crippen LogP contribution is 2.36. The van der Waals surface area contributed by atoms with Gasteiger partial charge in [-0.1, -0.05) is 55.0 Å². The highest BCUT2D eigenvalue weighted by Gasteiger charge is 2.27. The molecule has 0 spiro atoms. The Bertz CT molecular complexity index is 839. The third-order valence-corrected chi connectivity index (χ3v) is 6.82. The average Bonchev–Trinajstić information content (AvgIpc) is 3.15. The minimum Gasteiger partial charge on any atom is -0.394 e. The van der Waals surface area contributed by atoms with Crippen LogP contribution in [0, 0.1) is 0 Å². The fourth-order valence-electron chi connectivity index (χ4n) is 3.17. The first-order valence-corrected chi connectivity index (χ1v) is 12.1. The average molecular weight is 449 g/mol. The Morgan fingerprint density at radius 1 is 1.27 bits per heavy atom. The molecule has 30 heavy (non-hydrogen) atoms. The molecule has 0 amide bonds. The highest BCUT2D eigenvalue weighted by atomic mass is 32.2. The van der Waals surface area contributed by atoms with Crippen molar-refractivity contribution >= 4 is 34.1 Å². The third kappa shape index (κ3) is 6.14. The van der Waals surface area contributed by atoms with Crippen molar-refractivity contribution in [1.82, 2.24) is 14.6 Å². The summed E-state index contributed by atoms with van der Waals surface area (Å²) in [5, 5.41) is 27.0. The van der Waals surface area contributed by atoms with Gasteiger partial charge >= 0.3 is 0 Å². The van der Waals surface area contributed by atoms with Crippen LogP contribution in [0.1, 0.15) is 49.7 Å². The lowest BCUT2D eigenvalue weighted by Gasteiger charge is -2.31. The quantitative estimate of drug-likeness (QED) is 0.386. The molecule has 0 aliphatic carbocycles. The first-order valence-electron chi connectivity index (χ1n) is 10.4. The van der Waals surface area contributed by atoms with Gasteiger partial charge in [0.15, 0.2) is 5.13 Å². The number of aliphatic hydroxyl groups excluding tert-OH is 2. The van der Waals surface area contributed by atoms with E-state index in [0.29, 0.717) is 0 Å².